The van der Waals surface area contributed by atoms with Gasteiger partial charge in [0.25, 0.3) is 0 Å². The Morgan fingerprint density at radius 2 is 2.27 bits per heavy atom. The van der Waals surface area contributed by atoms with Gasteiger partial charge in [-0.2, -0.15) is 0 Å². The summed E-state index contributed by atoms with van der Waals surface area (Å²) in [6.07, 6.45) is 5.15. The minimum atomic E-state index is 0.0722. The van der Waals surface area contributed by atoms with Crippen LogP contribution in [0.15, 0.2) is 18.2 Å². The van der Waals surface area contributed by atoms with E-state index in [4.69, 9.17) is 11.2 Å². The maximum absolute atomic E-state index is 9.20. The predicted molar refractivity (Wildman–Crippen MR) is 42.6 cm³/mol. The van der Waals surface area contributed by atoms with Crippen LogP contribution in [0.1, 0.15) is 5.56 Å². The summed E-state index contributed by atoms with van der Waals surface area (Å²) < 4.78 is 4.87. The number of ether oxygens (including phenoxy) is 1. The van der Waals surface area contributed by atoms with Crippen molar-refractivity contribution in [2.45, 2.75) is 0 Å². The van der Waals surface area contributed by atoms with Crippen molar-refractivity contribution in [2.24, 2.45) is 0 Å². The molecule has 0 heterocycles. The monoisotopic (exact) mass is 148 g/mol. The number of benzene rings is 1. The van der Waals surface area contributed by atoms with E-state index in [1.807, 2.05) is 0 Å². The Morgan fingerprint density at radius 1 is 1.55 bits per heavy atom. The maximum atomic E-state index is 9.20. The van der Waals surface area contributed by atoms with Crippen LogP contribution in [-0.2, 0) is 0 Å². The van der Waals surface area contributed by atoms with E-state index < -0.39 is 0 Å². The van der Waals surface area contributed by atoms with Crippen LogP contribution in [0.3, 0.4) is 0 Å². The van der Waals surface area contributed by atoms with Crippen LogP contribution in [0, 0.1) is 12.3 Å². The van der Waals surface area contributed by atoms with Gasteiger partial charge in [0, 0.05) is 0 Å². The van der Waals surface area contributed by atoms with Gasteiger partial charge in [0.1, 0.15) is 0 Å². The Balaban J connectivity index is 3.27. The van der Waals surface area contributed by atoms with Gasteiger partial charge in [-0.3, -0.25) is 0 Å². The molecule has 0 aliphatic carbocycles. The predicted octanol–water partition coefficient (Wildman–Crippen LogP) is 1.38. The van der Waals surface area contributed by atoms with Gasteiger partial charge in [-0.25, -0.2) is 0 Å². The van der Waals surface area contributed by atoms with Gasteiger partial charge in [-0.05, 0) is 12.1 Å². The molecule has 1 rings (SSSR count). The van der Waals surface area contributed by atoms with Crippen molar-refractivity contribution < 1.29 is 9.84 Å². The molecule has 0 fully saturated rings. The molecule has 0 atom stereocenters. The lowest BCUT2D eigenvalue weighted by atomic mass is 10.2. The first kappa shape index (κ1) is 7.49. The number of phenolic OH excluding ortho intramolecular Hbond substituents is 1. The lowest BCUT2D eigenvalue weighted by molar-refractivity contribution is 0.372. The first-order valence-corrected chi connectivity index (χ1v) is 3.12. The normalized spacial score (nSPS) is 8.73. The Labute approximate surface area is 65.4 Å². The molecule has 0 saturated carbocycles. The van der Waals surface area contributed by atoms with Crippen LogP contribution in [0.2, 0.25) is 0 Å². The number of rotatable bonds is 1. The average molecular weight is 148 g/mol. The molecule has 0 unspecified atom stereocenters. The van der Waals surface area contributed by atoms with E-state index in [9.17, 15) is 5.11 Å². The van der Waals surface area contributed by atoms with Crippen molar-refractivity contribution in [3.8, 4) is 23.8 Å². The lowest BCUT2D eigenvalue weighted by Crippen LogP contribution is -1.87. The van der Waals surface area contributed by atoms with E-state index in [1.165, 1.54) is 13.2 Å². The number of para-hydroxylation sites is 1. The van der Waals surface area contributed by atoms with Crippen molar-refractivity contribution in [1.82, 2.24) is 0 Å². The number of terminal acetylenes is 1. The largest absolute Gasteiger partial charge is 0.504 e. The second-order valence-electron chi connectivity index (χ2n) is 2.00. The summed E-state index contributed by atoms with van der Waals surface area (Å²) in [6.45, 7) is 0. The van der Waals surface area contributed by atoms with Crippen LogP contribution in [0.25, 0.3) is 0 Å². The quantitative estimate of drug-likeness (QED) is 0.610. The number of aromatic hydroxyl groups is 1. The van der Waals surface area contributed by atoms with Crippen molar-refractivity contribution >= 4 is 0 Å². The topological polar surface area (TPSA) is 29.5 Å². The number of phenols is 1. The Morgan fingerprint density at radius 3 is 2.73 bits per heavy atom. The molecular formula is C9H8O2. The molecule has 0 aliphatic rings. The standard InChI is InChI=1S/C9H8O2/c1-3-7-5-4-6-8(10)9(7)11-2/h1,4-6,10H,2H3. The van der Waals surface area contributed by atoms with Crippen molar-refractivity contribution in [1.29, 1.82) is 0 Å². The SMILES string of the molecule is C#Cc1cccc(O)c1OC. The summed E-state index contributed by atoms with van der Waals surface area (Å²) in [5.74, 6) is 2.83. The average Bonchev–Trinajstić information content (AvgIpc) is 2.04. The van der Waals surface area contributed by atoms with Gasteiger partial charge in [0.05, 0.1) is 12.7 Å². The van der Waals surface area contributed by atoms with E-state index in [1.54, 1.807) is 12.1 Å². The highest BCUT2D eigenvalue weighted by molar-refractivity contribution is 5.52. The third-order valence-corrected chi connectivity index (χ3v) is 1.35. The van der Waals surface area contributed by atoms with Crippen LogP contribution >= 0.6 is 0 Å². The van der Waals surface area contributed by atoms with Gasteiger partial charge in [-0.15, -0.1) is 6.42 Å². The van der Waals surface area contributed by atoms with Crippen LogP contribution in [0.4, 0.5) is 0 Å². The molecule has 11 heavy (non-hydrogen) atoms. The summed E-state index contributed by atoms with van der Waals surface area (Å²) in [4.78, 5) is 0. The zero-order valence-electron chi connectivity index (χ0n) is 6.16. The van der Waals surface area contributed by atoms with E-state index >= 15 is 0 Å². The molecule has 0 bridgehead atoms. The van der Waals surface area contributed by atoms with E-state index in [2.05, 4.69) is 5.92 Å². The molecular weight excluding hydrogens is 140 g/mol. The maximum Gasteiger partial charge on any atom is 0.176 e. The fourth-order valence-corrected chi connectivity index (χ4v) is 0.853. The molecule has 0 spiro atoms. The summed E-state index contributed by atoms with van der Waals surface area (Å²) in [5, 5.41) is 9.20. The molecule has 2 heteroatoms. The van der Waals surface area contributed by atoms with Crippen molar-refractivity contribution in [3.63, 3.8) is 0 Å². The van der Waals surface area contributed by atoms with Gasteiger partial charge >= 0.3 is 0 Å². The molecule has 56 valence electrons. The smallest absolute Gasteiger partial charge is 0.176 e. The third-order valence-electron chi connectivity index (χ3n) is 1.35. The van der Waals surface area contributed by atoms with Gasteiger partial charge in [0.15, 0.2) is 11.5 Å². The van der Waals surface area contributed by atoms with Crippen molar-refractivity contribution in [2.75, 3.05) is 7.11 Å². The van der Waals surface area contributed by atoms with Crippen LogP contribution < -0.4 is 4.74 Å². The minimum absolute atomic E-state index is 0.0722. The summed E-state index contributed by atoms with van der Waals surface area (Å²) >= 11 is 0. The highest BCUT2D eigenvalue weighted by Crippen LogP contribution is 2.28. The second kappa shape index (κ2) is 2.98. The molecule has 0 amide bonds. The van der Waals surface area contributed by atoms with Gasteiger partial charge < -0.3 is 9.84 Å². The van der Waals surface area contributed by atoms with E-state index in [0.717, 1.165) is 0 Å². The first-order valence-electron chi connectivity index (χ1n) is 3.12. The summed E-state index contributed by atoms with van der Waals surface area (Å²) in [7, 11) is 1.47. The van der Waals surface area contributed by atoms with Gasteiger partial charge in [0.2, 0.25) is 0 Å². The molecule has 1 aromatic rings. The Hall–Kier alpha value is -1.62. The molecule has 0 aliphatic heterocycles. The van der Waals surface area contributed by atoms with Crippen molar-refractivity contribution in [3.05, 3.63) is 23.8 Å². The molecule has 0 saturated heterocycles. The number of hydrogen-bond donors (Lipinski definition) is 1. The number of hydrogen-bond acceptors (Lipinski definition) is 2. The number of methoxy groups -OCH3 is 1. The summed E-state index contributed by atoms with van der Waals surface area (Å²) in [5.41, 5.74) is 0.563. The van der Waals surface area contributed by atoms with E-state index in [0.29, 0.717) is 11.3 Å². The van der Waals surface area contributed by atoms with E-state index in [-0.39, 0.29) is 5.75 Å². The van der Waals surface area contributed by atoms with Gasteiger partial charge in [-0.1, -0.05) is 12.0 Å². The third kappa shape index (κ3) is 1.27. The summed E-state index contributed by atoms with van der Waals surface area (Å²) in [6, 6.07) is 4.91. The zero-order valence-corrected chi connectivity index (χ0v) is 6.16. The first-order chi connectivity index (χ1) is 5.29. The molecule has 1 aromatic carbocycles. The molecule has 1 N–H and O–H groups in total. The lowest BCUT2D eigenvalue weighted by Gasteiger charge is -2.03. The fraction of sp³-hybridized carbons (Fsp3) is 0.111. The highest BCUT2D eigenvalue weighted by Gasteiger charge is 2.03. The Bertz CT molecular complexity index is 297. The fourth-order valence-electron chi connectivity index (χ4n) is 0.853. The minimum Gasteiger partial charge on any atom is -0.504 e. The molecule has 0 aromatic heterocycles. The molecule has 0 radical (unpaired) electrons. The zero-order chi connectivity index (χ0) is 8.27. The Kier molecular flexibility index (Phi) is 2.03. The van der Waals surface area contributed by atoms with Crippen LogP contribution in [-0.4, -0.2) is 12.2 Å². The second-order valence-corrected chi connectivity index (χ2v) is 2.00. The highest BCUT2D eigenvalue weighted by atomic mass is 16.5. The van der Waals surface area contributed by atoms with Crippen LogP contribution in [0.5, 0.6) is 11.5 Å². The molecule has 2 nitrogen and oxygen atoms in total.